The maximum Gasteiger partial charge on any atom is 0.315 e. The second-order valence-corrected chi connectivity index (χ2v) is 7.49. The number of rotatable bonds is 6. The van der Waals surface area contributed by atoms with Crippen LogP contribution >= 0.6 is 0 Å². The van der Waals surface area contributed by atoms with E-state index in [1.165, 1.54) is 0 Å². The van der Waals surface area contributed by atoms with Gasteiger partial charge in [0.05, 0.1) is 11.5 Å². The van der Waals surface area contributed by atoms with Crippen molar-refractivity contribution in [2.24, 2.45) is 0 Å². The maximum absolute atomic E-state index is 11.7. The summed E-state index contributed by atoms with van der Waals surface area (Å²) in [6.45, 7) is 1.79. The highest BCUT2D eigenvalue weighted by Gasteiger charge is 2.26. The van der Waals surface area contributed by atoms with E-state index in [9.17, 15) is 18.0 Å². The molecule has 0 aromatic rings. The number of carbonyl (C=O) groups is 2. The molecule has 2 unspecified atom stereocenters. The van der Waals surface area contributed by atoms with Gasteiger partial charge in [-0.3, -0.25) is 4.79 Å². The van der Waals surface area contributed by atoms with Gasteiger partial charge in [0, 0.05) is 18.5 Å². The standard InChI is InChI=1S/C12H22N2O5S/c1-9(4-2-6-11(15)16)13-12(17)14-10-5-3-7-20(18,19)8-10/h9-10H,2-8H2,1H3,(H,15,16)(H2,13,14,17). The van der Waals surface area contributed by atoms with Gasteiger partial charge in [-0.25, -0.2) is 13.2 Å². The van der Waals surface area contributed by atoms with Crippen LogP contribution in [-0.4, -0.2) is 49.1 Å². The van der Waals surface area contributed by atoms with Crippen molar-refractivity contribution in [1.29, 1.82) is 0 Å². The average molecular weight is 306 g/mol. The van der Waals surface area contributed by atoms with Gasteiger partial charge in [0.1, 0.15) is 0 Å². The zero-order chi connectivity index (χ0) is 15.2. The third-order valence-electron chi connectivity index (χ3n) is 3.20. The Bertz CT molecular complexity index is 449. The van der Waals surface area contributed by atoms with Crippen LogP contribution < -0.4 is 10.6 Å². The van der Waals surface area contributed by atoms with E-state index < -0.39 is 21.8 Å². The molecular formula is C12H22N2O5S. The lowest BCUT2D eigenvalue weighted by atomic mass is 10.1. The topological polar surface area (TPSA) is 113 Å². The number of urea groups is 1. The van der Waals surface area contributed by atoms with Crippen LogP contribution in [0.5, 0.6) is 0 Å². The molecule has 0 aromatic carbocycles. The predicted octanol–water partition coefficient (Wildman–Crippen LogP) is 0.506. The van der Waals surface area contributed by atoms with Gasteiger partial charge in [-0.2, -0.15) is 0 Å². The molecule has 7 nitrogen and oxygen atoms in total. The highest BCUT2D eigenvalue weighted by molar-refractivity contribution is 7.91. The van der Waals surface area contributed by atoms with E-state index in [0.29, 0.717) is 25.7 Å². The number of carboxylic acids is 1. The molecule has 20 heavy (non-hydrogen) atoms. The zero-order valence-corrected chi connectivity index (χ0v) is 12.4. The van der Waals surface area contributed by atoms with Gasteiger partial charge in [-0.05, 0) is 32.6 Å². The number of nitrogens with one attached hydrogen (secondary N) is 2. The van der Waals surface area contributed by atoms with Gasteiger partial charge in [0.15, 0.2) is 9.84 Å². The summed E-state index contributed by atoms with van der Waals surface area (Å²) < 4.78 is 22.9. The van der Waals surface area contributed by atoms with E-state index in [4.69, 9.17) is 5.11 Å². The molecule has 8 heteroatoms. The van der Waals surface area contributed by atoms with Crippen molar-refractivity contribution in [3.63, 3.8) is 0 Å². The Morgan fingerprint density at radius 1 is 1.40 bits per heavy atom. The smallest absolute Gasteiger partial charge is 0.315 e. The summed E-state index contributed by atoms with van der Waals surface area (Å²) in [4.78, 5) is 22.1. The second-order valence-electron chi connectivity index (χ2n) is 5.26. The third kappa shape index (κ3) is 6.74. The van der Waals surface area contributed by atoms with Gasteiger partial charge in [-0.1, -0.05) is 0 Å². The first kappa shape index (κ1) is 16.7. The van der Waals surface area contributed by atoms with Crippen LogP contribution in [0.1, 0.15) is 39.0 Å². The Morgan fingerprint density at radius 3 is 2.70 bits per heavy atom. The Morgan fingerprint density at radius 2 is 2.10 bits per heavy atom. The molecule has 1 aliphatic heterocycles. The Kier molecular flexibility index (Phi) is 6.25. The van der Waals surface area contributed by atoms with Crippen LogP contribution in [0.15, 0.2) is 0 Å². The monoisotopic (exact) mass is 306 g/mol. The number of aliphatic carboxylic acids is 1. The molecule has 0 spiro atoms. The summed E-state index contributed by atoms with van der Waals surface area (Å²) in [5.74, 6) is -0.666. The Balaban J connectivity index is 2.27. The molecule has 1 saturated heterocycles. The predicted molar refractivity (Wildman–Crippen MR) is 74.3 cm³/mol. The zero-order valence-electron chi connectivity index (χ0n) is 11.6. The highest BCUT2D eigenvalue weighted by atomic mass is 32.2. The van der Waals surface area contributed by atoms with Crippen LogP contribution in [0.25, 0.3) is 0 Å². The van der Waals surface area contributed by atoms with Crippen LogP contribution in [0.2, 0.25) is 0 Å². The van der Waals surface area contributed by atoms with Gasteiger partial charge < -0.3 is 15.7 Å². The van der Waals surface area contributed by atoms with Crippen LogP contribution in [0, 0.1) is 0 Å². The number of hydrogen-bond donors (Lipinski definition) is 3. The second kappa shape index (κ2) is 7.47. The molecule has 1 rings (SSSR count). The van der Waals surface area contributed by atoms with Gasteiger partial charge in [0.25, 0.3) is 0 Å². The largest absolute Gasteiger partial charge is 0.481 e. The SMILES string of the molecule is CC(CCCC(=O)O)NC(=O)NC1CCCS(=O)(=O)C1. The quantitative estimate of drug-likeness (QED) is 0.661. The Labute approximate surface area is 119 Å². The average Bonchev–Trinajstić information content (AvgIpc) is 2.26. The summed E-state index contributed by atoms with van der Waals surface area (Å²) in [5.41, 5.74) is 0. The minimum atomic E-state index is -3.04. The molecular weight excluding hydrogens is 284 g/mol. The molecule has 1 fully saturated rings. The highest BCUT2D eigenvalue weighted by Crippen LogP contribution is 2.11. The molecule has 0 aliphatic carbocycles. The molecule has 3 N–H and O–H groups in total. The molecule has 2 atom stereocenters. The molecule has 2 amide bonds. The normalized spacial score (nSPS) is 22.8. The minimum absolute atomic E-state index is 0.00614. The summed E-state index contributed by atoms with van der Waals surface area (Å²) in [5, 5.41) is 13.9. The number of carboxylic acid groups (broad SMARTS) is 1. The molecule has 0 radical (unpaired) electrons. The lowest BCUT2D eigenvalue weighted by Gasteiger charge is -2.24. The van der Waals surface area contributed by atoms with Crippen molar-refractivity contribution in [1.82, 2.24) is 10.6 Å². The number of carbonyl (C=O) groups excluding carboxylic acids is 1. The van der Waals surface area contributed by atoms with Crippen molar-refractivity contribution in [2.75, 3.05) is 11.5 Å². The fourth-order valence-corrected chi connectivity index (χ4v) is 3.86. The summed E-state index contributed by atoms with van der Waals surface area (Å²) >= 11 is 0. The van der Waals surface area contributed by atoms with Crippen molar-refractivity contribution in [2.45, 2.75) is 51.1 Å². The first-order valence-corrected chi connectivity index (χ1v) is 8.60. The summed E-state index contributed by atoms with van der Waals surface area (Å²) in [7, 11) is -3.04. The summed E-state index contributed by atoms with van der Waals surface area (Å²) in [6, 6.07) is -0.871. The van der Waals surface area contributed by atoms with Crippen molar-refractivity contribution >= 4 is 21.8 Å². The van der Waals surface area contributed by atoms with E-state index >= 15 is 0 Å². The van der Waals surface area contributed by atoms with Gasteiger partial charge >= 0.3 is 12.0 Å². The van der Waals surface area contributed by atoms with Crippen LogP contribution in [-0.2, 0) is 14.6 Å². The molecule has 0 aromatic heterocycles. The van der Waals surface area contributed by atoms with Crippen molar-refractivity contribution in [3.8, 4) is 0 Å². The van der Waals surface area contributed by atoms with Gasteiger partial charge in [-0.15, -0.1) is 0 Å². The van der Waals surface area contributed by atoms with E-state index in [1.807, 2.05) is 0 Å². The van der Waals surface area contributed by atoms with E-state index in [0.717, 1.165) is 0 Å². The first-order chi connectivity index (χ1) is 9.28. The molecule has 116 valence electrons. The number of amides is 2. The first-order valence-electron chi connectivity index (χ1n) is 6.78. The molecule has 0 bridgehead atoms. The Hall–Kier alpha value is -1.31. The van der Waals surface area contributed by atoms with E-state index in [2.05, 4.69) is 10.6 Å². The van der Waals surface area contributed by atoms with Crippen molar-refractivity contribution < 1.29 is 23.1 Å². The maximum atomic E-state index is 11.7. The number of sulfone groups is 1. The van der Waals surface area contributed by atoms with Crippen LogP contribution in [0.4, 0.5) is 4.79 Å². The fourth-order valence-electron chi connectivity index (χ4n) is 2.22. The lowest BCUT2D eigenvalue weighted by Crippen LogP contribution is -2.49. The van der Waals surface area contributed by atoms with Crippen molar-refractivity contribution in [3.05, 3.63) is 0 Å². The third-order valence-corrected chi connectivity index (χ3v) is 5.02. The summed E-state index contributed by atoms with van der Waals surface area (Å²) in [6.07, 6.45) is 2.38. The molecule has 1 aliphatic rings. The van der Waals surface area contributed by atoms with Gasteiger partial charge in [0.2, 0.25) is 0 Å². The number of hydrogen-bond acceptors (Lipinski definition) is 4. The minimum Gasteiger partial charge on any atom is -0.481 e. The molecule has 0 saturated carbocycles. The van der Waals surface area contributed by atoms with E-state index in [1.54, 1.807) is 6.92 Å². The lowest BCUT2D eigenvalue weighted by molar-refractivity contribution is -0.137. The van der Waals surface area contributed by atoms with Crippen LogP contribution in [0.3, 0.4) is 0 Å². The molecule has 1 heterocycles. The fraction of sp³-hybridized carbons (Fsp3) is 0.833. The van der Waals surface area contributed by atoms with E-state index in [-0.39, 0.29) is 30.0 Å².